The molecule has 3 N–H and O–H groups in total. The molecule has 0 radical (unpaired) electrons. The van der Waals surface area contributed by atoms with Gasteiger partial charge in [0.25, 0.3) is 0 Å². The third-order valence-electron chi connectivity index (χ3n) is 2.13. The Balaban J connectivity index is 2.47. The van der Waals surface area contributed by atoms with Crippen LogP contribution in [-0.2, 0) is 4.79 Å². The summed E-state index contributed by atoms with van der Waals surface area (Å²) in [5, 5.41) is 8.75. The maximum absolute atomic E-state index is 10.7. The van der Waals surface area contributed by atoms with E-state index >= 15 is 0 Å². The molecular formula is C9H10N4O3. The van der Waals surface area contributed by atoms with E-state index in [2.05, 4.69) is 9.97 Å². The molecule has 7 heteroatoms. The van der Waals surface area contributed by atoms with Gasteiger partial charge in [0.05, 0.1) is 25.2 Å². The minimum Gasteiger partial charge on any atom is -0.480 e. The lowest BCUT2D eigenvalue weighted by Crippen LogP contribution is -2.20. The highest BCUT2D eigenvalue weighted by Crippen LogP contribution is 2.13. The van der Waals surface area contributed by atoms with E-state index < -0.39 is 12.0 Å². The van der Waals surface area contributed by atoms with Gasteiger partial charge in [-0.25, -0.2) is 9.97 Å². The van der Waals surface area contributed by atoms with Crippen LogP contribution in [0.15, 0.2) is 18.6 Å². The number of fused-ring (bicyclic) bond motifs is 1. The highest BCUT2D eigenvalue weighted by molar-refractivity contribution is 5.74. The molecule has 2 rings (SSSR count). The number of ether oxygens (including phenoxy) is 1. The van der Waals surface area contributed by atoms with Crippen LogP contribution < -0.4 is 10.5 Å². The molecule has 0 aliphatic carbocycles. The smallest absolute Gasteiger partial charge is 0.326 e. The first-order valence-corrected chi connectivity index (χ1v) is 4.49. The van der Waals surface area contributed by atoms with Crippen LogP contribution in [0.5, 0.6) is 5.88 Å². The van der Waals surface area contributed by atoms with E-state index in [-0.39, 0.29) is 5.69 Å². The molecule has 0 aromatic carbocycles. The molecule has 0 spiro atoms. The molecule has 0 aliphatic heterocycles. The van der Waals surface area contributed by atoms with Crippen molar-refractivity contribution in [1.82, 2.24) is 14.4 Å². The lowest BCUT2D eigenvalue weighted by Gasteiger charge is -1.99. The van der Waals surface area contributed by atoms with Gasteiger partial charge in [0, 0.05) is 6.20 Å². The third-order valence-corrected chi connectivity index (χ3v) is 2.13. The predicted octanol–water partition coefficient (Wildman–Crippen LogP) is -0.178. The SMILES string of the molecule is COc1cn2cc(C(N)C(=O)O)nc2cn1. The Morgan fingerprint density at radius 3 is 3.00 bits per heavy atom. The largest absolute Gasteiger partial charge is 0.480 e. The van der Waals surface area contributed by atoms with Crippen molar-refractivity contribution in [2.75, 3.05) is 7.11 Å². The fraction of sp³-hybridized carbons (Fsp3) is 0.222. The number of imidazole rings is 1. The van der Waals surface area contributed by atoms with Gasteiger partial charge in [-0.1, -0.05) is 0 Å². The standard InChI is InChI=1S/C9H10N4O3/c1-16-7-4-13-3-5(8(10)9(14)15)12-6(13)2-11-7/h2-4,8H,10H2,1H3,(H,14,15). The molecule has 1 atom stereocenters. The third kappa shape index (κ3) is 1.68. The zero-order chi connectivity index (χ0) is 11.7. The average Bonchev–Trinajstić information content (AvgIpc) is 2.69. The monoisotopic (exact) mass is 222 g/mol. The van der Waals surface area contributed by atoms with Crippen molar-refractivity contribution in [3.8, 4) is 5.88 Å². The first-order valence-electron chi connectivity index (χ1n) is 4.49. The molecule has 2 aromatic heterocycles. The Labute approximate surface area is 90.5 Å². The number of hydrogen-bond acceptors (Lipinski definition) is 5. The Morgan fingerprint density at radius 2 is 2.38 bits per heavy atom. The van der Waals surface area contributed by atoms with E-state index in [0.29, 0.717) is 11.5 Å². The minimum atomic E-state index is -1.13. The van der Waals surface area contributed by atoms with Crippen LogP contribution in [0.2, 0.25) is 0 Å². The highest BCUT2D eigenvalue weighted by atomic mass is 16.5. The van der Waals surface area contributed by atoms with Gasteiger partial charge in [-0.15, -0.1) is 0 Å². The van der Waals surface area contributed by atoms with Gasteiger partial charge in [0.1, 0.15) is 6.04 Å². The molecule has 0 aliphatic rings. The number of carbonyl (C=O) groups is 1. The summed E-state index contributed by atoms with van der Waals surface area (Å²) in [6.45, 7) is 0. The fourth-order valence-electron chi connectivity index (χ4n) is 1.28. The van der Waals surface area contributed by atoms with Crippen molar-refractivity contribution in [1.29, 1.82) is 0 Å². The van der Waals surface area contributed by atoms with Crippen molar-refractivity contribution in [2.24, 2.45) is 5.73 Å². The van der Waals surface area contributed by atoms with Gasteiger partial charge in [-0.3, -0.25) is 4.79 Å². The summed E-state index contributed by atoms with van der Waals surface area (Å²) in [4.78, 5) is 18.7. The molecule has 0 bridgehead atoms. The predicted molar refractivity (Wildman–Crippen MR) is 54.1 cm³/mol. The van der Waals surface area contributed by atoms with E-state index in [0.717, 1.165) is 0 Å². The minimum absolute atomic E-state index is 0.280. The summed E-state index contributed by atoms with van der Waals surface area (Å²) in [5.41, 5.74) is 6.25. The van der Waals surface area contributed by atoms with Crippen LogP contribution in [-0.4, -0.2) is 32.6 Å². The lowest BCUT2D eigenvalue weighted by atomic mass is 10.2. The number of nitrogens with zero attached hydrogens (tertiary/aromatic N) is 3. The highest BCUT2D eigenvalue weighted by Gasteiger charge is 2.17. The number of carboxylic acids is 1. The number of aliphatic carboxylic acids is 1. The van der Waals surface area contributed by atoms with Gasteiger partial charge < -0.3 is 20.0 Å². The quantitative estimate of drug-likeness (QED) is 0.746. The number of carboxylic acid groups (broad SMARTS) is 1. The second kappa shape index (κ2) is 3.78. The summed E-state index contributed by atoms with van der Waals surface area (Å²) >= 11 is 0. The van der Waals surface area contributed by atoms with Crippen molar-refractivity contribution in [3.05, 3.63) is 24.3 Å². The van der Waals surface area contributed by atoms with Crippen LogP contribution >= 0.6 is 0 Å². The Kier molecular flexibility index (Phi) is 2.45. The van der Waals surface area contributed by atoms with Crippen molar-refractivity contribution >= 4 is 11.6 Å². The molecule has 0 saturated carbocycles. The van der Waals surface area contributed by atoms with Gasteiger partial charge in [0.2, 0.25) is 5.88 Å². The first-order chi connectivity index (χ1) is 7.61. The fourth-order valence-corrected chi connectivity index (χ4v) is 1.28. The lowest BCUT2D eigenvalue weighted by molar-refractivity contribution is -0.138. The molecule has 0 saturated heterocycles. The molecule has 2 heterocycles. The van der Waals surface area contributed by atoms with Gasteiger partial charge >= 0.3 is 5.97 Å². The normalized spacial score (nSPS) is 12.6. The number of aromatic nitrogens is 3. The maximum Gasteiger partial charge on any atom is 0.326 e. The molecule has 0 amide bonds. The molecular weight excluding hydrogens is 212 g/mol. The maximum atomic E-state index is 10.7. The van der Waals surface area contributed by atoms with Crippen LogP contribution in [0.25, 0.3) is 5.65 Å². The molecule has 2 aromatic rings. The summed E-state index contributed by atoms with van der Waals surface area (Å²) in [7, 11) is 1.50. The van der Waals surface area contributed by atoms with E-state index in [1.54, 1.807) is 16.8 Å². The van der Waals surface area contributed by atoms with E-state index in [4.69, 9.17) is 15.6 Å². The van der Waals surface area contributed by atoms with Gasteiger partial charge in [-0.2, -0.15) is 0 Å². The number of methoxy groups -OCH3 is 1. The van der Waals surface area contributed by atoms with Gasteiger partial charge in [-0.05, 0) is 0 Å². The van der Waals surface area contributed by atoms with Crippen LogP contribution in [0.4, 0.5) is 0 Å². The van der Waals surface area contributed by atoms with Crippen molar-refractivity contribution in [2.45, 2.75) is 6.04 Å². The van der Waals surface area contributed by atoms with E-state index in [1.807, 2.05) is 0 Å². The number of rotatable bonds is 3. The Hall–Kier alpha value is -2.15. The molecule has 16 heavy (non-hydrogen) atoms. The van der Waals surface area contributed by atoms with Gasteiger partial charge in [0.15, 0.2) is 5.65 Å². The van der Waals surface area contributed by atoms with Crippen molar-refractivity contribution in [3.63, 3.8) is 0 Å². The summed E-state index contributed by atoms with van der Waals surface area (Å²) < 4.78 is 6.55. The van der Waals surface area contributed by atoms with E-state index in [1.165, 1.54) is 13.3 Å². The zero-order valence-corrected chi connectivity index (χ0v) is 8.49. The Bertz CT molecular complexity index is 537. The first kappa shape index (κ1) is 10.4. The summed E-state index contributed by atoms with van der Waals surface area (Å²) in [6, 6.07) is -1.13. The zero-order valence-electron chi connectivity index (χ0n) is 8.49. The molecule has 1 unspecified atom stereocenters. The second-order valence-electron chi connectivity index (χ2n) is 3.18. The average molecular weight is 222 g/mol. The summed E-state index contributed by atoms with van der Waals surface area (Å²) in [5.74, 6) is -0.705. The Morgan fingerprint density at radius 1 is 1.62 bits per heavy atom. The van der Waals surface area contributed by atoms with E-state index in [9.17, 15) is 4.79 Å². The van der Waals surface area contributed by atoms with Crippen molar-refractivity contribution < 1.29 is 14.6 Å². The molecule has 7 nitrogen and oxygen atoms in total. The second-order valence-corrected chi connectivity index (χ2v) is 3.18. The molecule has 84 valence electrons. The topological polar surface area (TPSA) is 103 Å². The molecule has 0 fully saturated rings. The number of hydrogen-bond donors (Lipinski definition) is 2. The summed E-state index contributed by atoms with van der Waals surface area (Å²) in [6.07, 6.45) is 4.62. The number of nitrogens with two attached hydrogens (primary N) is 1. The van der Waals surface area contributed by atoms with Crippen LogP contribution in [0.3, 0.4) is 0 Å². The van der Waals surface area contributed by atoms with Crippen LogP contribution in [0.1, 0.15) is 11.7 Å². The van der Waals surface area contributed by atoms with Crippen LogP contribution in [0, 0.1) is 0 Å².